The summed E-state index contributed by atoms with van der Waals surface area (Å²) in [6, 6.07) is 1.40. The van der Waals surface area contributed by atoms with Gasteiger partial charge in [-0.1, -0.05) is 0 Å². The van der Waals surface area contributed by atoms with Crippen LogP contribution in [0.15, 0.2) is 12.3 Å². The lowest BCUT2D eigenvalue weighted by Gasteiger charge is -2.19. The Hall–Kier alpha value is -1.82. The number of carboxylic acid groups (broad SMARTS) is 1. The smallest absolute Gasteiger partial charge is 0.337 e. The maximum atomic E-state index is 10.7. The molecule has 1 heterocycles. The maximum absolute atomic E-state index is 10.7. The summed E-state index contributed by atoms with van der Waals surface area (Å²) in [6.07, 6.45) is 1.30. The molecule has 0 aliphatic heterocycles. The number of nitrogen functional groups attached to an aromatic ring is 1. The van der Waals surface area contributed by atoms with E-state index in [1.54, 1.807) is 0 Å². The number of nitrogens with zero attached hydrogens (tertiary/aromatic N) is 2. The van der Waals surface area contributed by atoms with Crippen molar-refractivity contribution in [2.75, 3.05) is 37.4 Å². The van der Waals surface area contributed by atoms with E-state index in [-0.39, 0.29) is 5.56 Å². The largest absolute Gasteiger partial charge is 0.478 e. The summed E-state index contributed by atoms with van der Waals surface area (Å²) in [6.45, 7) is 3.81. The Kier molecular flexibility index (Phi) is 4.71. The van der Waals surface area contributed by atoms with Crippen LogP contribution in [-0.2, 0) is 4.74 Å². The first-order valence-corrected chi connectivity index (χ1v) is 5.34. The van der Waals surface area contributed by atoms with Crippen LogP contribution >= 0.6 is 0 Å². The quantitative estimate of drug-likeness (QED) is 0.715. The first kappa shape index (κ1) is 13.2. The number of hydrogen-bond acceptors (Lipinski definition) is 5. The Bertz CT molecular complexity index is 396. The van der Waals surface area contributed by atoms with E-state index in [0.29, 0.717) is 31.3 Å². The molecule has 0 fully saturated rings. The molecule has 1 aromatic heterocycles. The molecule has 0 unspecified atom stereocenters. The van der Waals surface area contributed by atoms with Crippen molar-refractivity contribution in [1.29, 1.82) is 0 Å². The van der Waals surface area contributed by atoms with Crippen LogP contribution in [0.3, 0.4) is 0 Å². The monoisotopic (exact) mass is 239 g/mol. The number of anilines is 2. The van der Waals surface area contributed by atoms with Gasteiger partial charge in [0.05, 0.1) is 17.9 Å². The number of pyridine rings is 1. The predicted molar refractivity (Wildman–Crippen MR) is 65.4 cm³/mol. The Balaban J connectivity index is 2.74. The van der Waals surface area contributed by atoms with Crippen LogP contribution < -0.4 is 10.6 Å². The summed E-state index contributed by atoms with van der Waals surface area (Å²) in [7, 11) is 1.83. The Morgan fingerprint density at radius 1 is 1.65 bits per heavy atom. The lowest BCUT2D eigenvalue weighted by Crippen LogP contribution is -2.24. The zero-order valence-electron chi connectivity index (χ0n) is 10.0. The van der Waals surface area contributed by atoms with Crippen LogP contribution in [0.5, 0.6) is 0 Å². The summed E-state index contributed by atoms with van der Waals surface area (Å²) in [5.74, 6) is -0.470. The lowest BCUT2D eigenvalue weighted by atomic mass is 10.2. The predicted octanol–water partition coefficient (Wildman–Crippen LogP) is 0.835. The number of likely N-dealkylation sites (N-methyl/N-ethyl adjacent to an activating group) is 1. The van der Waals surface area contributed by atoms with Crippen LogP contribution in [0.4, 0.5) is 11.5 Å². The molecule has 17 heavy (non-hydrogen) atoms. The number of carbonyl (C=O) groups is 1. The Labute approximate surface area is 100 Å². The fraction of sp³-hybridized carbons (Fsp3) is 0.455. The first-order valence-electron chi connectivity index (χ1n) is 5.34. The maximum Gasteiger partial charge on any atom is 0.337 e. The van der Waals surface area contributed by atoms with Gasteiger partial charge >= 0.3 is 5.97 Å². The molecular formula is C11H17N3O3. The number of hydrogen-bond donors (Lipinski definition) is 2. The molecule has 1 rings (SSSR count). The van der Waals surface area contributed by atoms with Gasteiger partial charge in [0.25, 0.3) is 0 Å². The number of nitrogens with two attached hydrogens (primary N) is 1. The van der Waals surface area contributed by atoms with Crippen LogP contribution in [0.25, 0.3) is 0 Å². The van der Waals surface area contributed by atoms with Crippen molar-refractivity contribution in [3.63, 3.8) is 0 Å². The van der Waals surface area contributed by atoms with E-state index < -0.39 is 5.97 Å². The molecule has 0 amide bonds. The number of aromatic nitrogens is 1. The topological polar surface area (TPSA) is 88.7 Å². The zero-order chi connectivity index (χ0) is 12.8. The van der Waals surface area contributed by atoms with E-state index in [0.717, 1.165) is 0 Å². The average Bonchev–Trinajstić information content (AvgIpc) is 2.28. The van der Waals surface area contributed by atoms with Gasteiger partial charge in [-0.25, -0.2) is 9.78 Å². The second kappa shape index (κ2) is 6.05. The molecule has 0 aliphatic rings. The molecule has 0 radical (unpaired) electrons. The lowest BCUT2D eigenvalue weighted by molar-refractivity contribution is 0.0696. The summed E-state index contributed by atoms with van der Waals surface area (Å²) in [5.41, 5.74) is 6.19. The molecule has 3 N–H and O–H groups in total. The highest BCUT2D eigenvalue weighted by Gasteiger charge is 2.10. The van der Waals surface area contributed by atoms with Gasteiger partial charge in [-0.3, -0.25) is 0 Å². The van der Waals surface area contributed by atoms with E-state index in [1.165, 1.54) is 12.3 Å². The Morgan fingerprint density at radius 2 is 2.35 bits per heavy atom. The van der Waals surface area contributed by atoms with E-state index >= 15 is 0 Å². The molecule has 94 valence electrons. The van der Waals surface area contributed by atoms with Gasteiger partial charge in [0.2, 0.25) is 0 Å². The third kappa shape index (κ3) is 3.60. The highest BCUT2D eigenvalue weighted by Crippen LogP contribution is 2.19. The van der Waals surface area contributed by atoms with Gasteiger partial charge < -0.3 is 20.5 Å². The van der Waals surface area contributed by atoms with E-state index in [4.69, 9.17) is 15.6 Å². The van der Waals surface area contributed by atoms with E-state index in [2.05, 4.69) is 4.98 Å². The number of rotatable bonds is 6. The van der Waals surface area contributed by atoms with Crippen molar-refractivity contribution in [1.82, 2.24) is 4.98 Å². The van der Waals surface area contributed by atoms with Crippen LogP contribution in [-0.4, -0.2) is 42.9 Å². The standard InChI is InChI=1S/C11H17N3O3/c1-3-17-5-4-14(2)10-9(12)6-8(7-13-10)11(15)16/h6-7H,3-5,12H2,1-2H3,(H,15,16). The van der Waals surface area contributed by atoms with Crippen molar-refractivity contribution in [2.24, 2.45) is 0 Å². The van der Waals surface area contributed by atoms with Gasteiger partial charge in [-0.15, -0.1) is 0 Å². The molecule has 1 aromatic rings. The second-order valence-electron chi connectivity index (χ2n) is 3.56. The van der Waals surface area contributed by atoms with Gasteiger partial charge in [0.1, 0.15) is 0 Å². The van der Waals surface area contributed by atoms with Gasteiger partial charge in [0, 0.05) is 26.4 Å². The van der Waals surface area contributed by atoms with E-state index in [1.807, 2.05) is 18.9 Å². The SMILES string of the molecule is CCOCCN(C)c1ncc(C(=O)O)cc1N. The molecule has 0 atom stereocenters. The number of carboxylic acids is 1. The zero-order valence-corrected chi connectivity index (χ0v) is 10.0. The normalized spacial score (nSPS) is 10.2. The van der Waals surface area contributed by atoms with Gasteiger partial charge in [-0.05, 0) is 13.0 Å². The van der Waals surface area contributed by atoms with Crippen molar-refractivity contribution >= 4 is 17.5 Å². The fourth-order valence-electron chi connectivity index (χ4n) is 1.36. The van der Waals surface area contributed by atoms with Crippen molar-refractivity contribution in [2.45, 2.75) is 6.92 Å². The van der Waals surface area contributed by atoms with E-state index in [9.17, 15) is 4.79 Å². The fourth-order valence-corrected chi connectivity index (χ4v) is 1.36. The summed E-state index contributed by atoms with van der Waals surface area (Å²) < 4.78 is 5.22. The van der Waals surface area contributed by atoms with Crippen molar-refractivity contribution < 1.29 is 14.6 Å². The minimum absolute atomic E-state index is 0.0875. The van der Waals surface area contributed by atoms with Crippen molar-refractivity contribution in [3.8, 4) is 0 Å². The number of aromatic carboxylic acids is 1. The summed E-state index contributed by atoms with van der Waals surface area (Å²) >= 11 is 0. The van der Waals surface area contributed by atoms with Crippen LogP contribution in [0, 0.1) is 0 Å². The third-order valence-electron chi connectivity index (χ3n) is 2.28. The third-order valence-corrected chi connectivity index (χ3v) is 2.28. The molecule has 0 saturated carbocycles. The molecule has 6 nitrogen and oxygen atoms in total. The molecule has 0 bridgehead atoms. The summed E-state index contributed by atoms with van der Waals surface area (Å²) in [5, 5.41) is 8.78. The second-order valence-corrected chi connectivity index (χ2v) is 3.56. The Morgan fingerprint density at radius 3 is 2.88 bits per heavy atom. The molecule has 0 saturated heterocycles. The highest BCUT2D eigenvalue weighted by molar-refractivity contribution is 5.89. The molecule has 0 spiro atoms. The van der Waals surface area contributed by atoms with Crippen LogP contribution in [0.1, 0.15) is 17.3 Å². The minimum Gasteiger partial charge on any atom is -0.478 e. The number of ether oxygens (including phenoxy) is 1. The molecular weight excluding hydrogens is 222 g/mol. The highest BCUT2D eigenvalue weighted by atomic mass is 16.5. The van der Waals surface area contributed by atoms with Gasteiger partial charge in [0.15, 0.2) is 5.82 Å². The van der Waals surface area contributed by atoms with Crippen LogP contribution in [0.2, 0.25) is 0 Å². The molecule has 0 aliphatic carbocycles. The minimum atomic E-state index is -1.03. The first-order chi connectivity index (χ1) is 8.06. The van der Waals surface area contributed by atoms with Crippen molar-refractivity contribution in [3.05, 3.63) is 17.8 Å². The van der Waals surface area contributed by atoms with Gasteiger partial charge in [-0.2, -0.15) is 0 Å². The summed E-state index contributed by atoms with van der Waals surface area (Å²) in [4.78, 5) is 16.6. The molecule has 0 aromatic carbocycles. The average molecular weight is 239 g/mol. The molecule has 6 heteroatoms.